The monoisotopic (exact) mass is 308 g/mol. The summed E-state index contributed by atoms with van der Waals surface area (Å²) in [6.45, 7) is 2.51. The Kier molecular flexibility index (Phi) is 3.49. The number of hydrogen-bond acceptors (Lipinski definition) is 6. The lowest BCUT2D eigenvalue weighted by molar-refractivity contribution is 0.0958. The van der Waals surface area contributed by atoms with Gasteiger partial charge in [0.2, 0.25) is 0 Å². The van der Waals surface area contributed by atoms with Crippen molar-refractivity contribution in [3.8, 4) is 0 Å². The van der Waals surface area contributed by atoms with Gasteiger partial charge in [-0.1, -0.05) is 11.3 Å². The highest BCUT2D eigenvalue weighted by atomic mass is 32.1. The second-order valence-corrected chi connectivity index (χ2v) is 6.42. The number of aryl methyl sites for hydroxylation is 2. The van der Waals surface area contributed by atoms with E-state index in [0.29, 0.717) is 22.2 Å². The summed E-state index contributed by atoms with van der Waals surface area (Å²) in [5.41, 5.74) is 1.14. The number of rotatable bonds is 2. The highest BCUT2D eigenvalue weighted by molar-refractivity contribution is 7.17. The van der Waals surface area contributed by atoms with Gasteiger partial charge in [-0.2, -0.15) is 0 Å². The summed E-state index contributed by atoms with van der Waals surface area (Å²) in [6, 6.07) is 0. The van der Waals surface area contributed by atoms with Gasteiger partial charge in [0.1, 0.15) is 10.6 Å². The van der Waals surface area contributed by atoms with Crippen molar-refractivity contribution in [1.82, 2.24) is 15.3 Å². The molecule has 2 aromatic heterocycles. The van der Waals surface area contributed by atoms with Crippen LogP contribution in [-0.2, 0) is 6.42 Å². The number of carbonyl (C=O) groups excluding carboxylic acids is 2. The van der Waals surface area contributed by atoms with Gasteiger partial charge in [-0.15, -0.1) is 11.3 Å². The third kappa shape index (κ3) is 2.56. The van der Waals surface area contributed by atoms with Gasteiger partial charge >= 0.3 is 0 Å². The first-order chi connectivity index (χ1) is 9.63. The molecule has 2 amide bonds. The van der Waals surface area contributed by atoms with Crippen LogP contribution in [0.4, 0.5) is 5.13 Å². The molecule has 3 heterocycles. The van der Waals surface area contributed by atoms with Crippen LogP contribution in [0.3, 0.4) is 0 Å². The summed E-state index contributed by atoms with van der Waals surface area (Å²) in [5.74, 6) is -0.404. The predicted octanol–water partition coefficient (Wildman–Crippen LogP) is 1.84. The number of amides is 2. The van der Waals surface area contributed by atoms with Crippen LogP contribution in [0.5, 0.6) is 0 Å². The molecule has 8 heteroatoms. The Balaban J connectivity index is 1.80. The maximum Gasteiger partial charge on any atom is 0.276 e. The van der Waals surface area contributed by atoms with Gasteiger partial charge in [0.25, 0.3) is 11.8 Å². The molecular formula is C12H12N4O2S2. The first-order valence-corrected chi connectivity index (χ1v) is 7.84. The van der Waals surface area contributed by atoms with Crippen molar-refractivity contribution in [3.05, 3.63) is 26.7 Å². The topological polar surface area (TPSA) is 84.0 Å². The van der Waals surface area contributed by atoms with Crippen LogP contribution in [0.2, 0.25) is 0 Å². The van der Waals surface area contributed by atoms with Crippen molar-refractivity contribution in [2.24, 2.45) is 0 Å². The smallest absolute Gasteiger partial charge is 0.276 e. The summed E-state index contributed by atoms with van der Waals surface area (Å²) in [7, 11) is 0. The van der Waals surface area contributed by atoms with Crippen molar-refractivity contribution >= 4 is 39.6 Å². The Bertz CT molecular complexity index is 677. The third-order valence-electron chi connectivity index (χ3n) is 2.85. The molecule has 0 saturated carbocycles. The number of hydrogen-bond donors (Lipinski definition) is 2. The summed E-state index contributed by atoms with van der Waals surface area (Å²) in [4.78, 5) is 32.9. The number of thiazole rings is 2. The first-order valence-electron chi connectivity index (χ1n) is 6.15. The molecule has 0 radical (unpaired) electrons. The van der Waals surface area contributed by atoms with Crippen LogP contribution in [0, 0.1) is 6.92 Å². The molecule has 0 fully saturated rings. The van der Waals surface area contributed by atoms with Gasteiger partial charge in [-0.05, 0) is 19.8 Å². The molecule has 0 atom stereocenters. The van der Waals surface area contributed by atoms with Gasteiger partial charge in [0.05, 0.1) is 10.7 Å². The fourth-order valence-corrected chi connectivity index (χ4v) is 3.44. The summed E-state index contributed by atoms with van der Waals surface area (Å²) < 4.78 is 0. The van der Waals surface area contributed by atoms with Crippen LogP contribution in [0.25, 0.3) is 0 Å². The summed E-state index contributed by atoms with van der Waals surface area (Å²) in [6.07, 6.45) is 1.61. The van der Waals surface area contributed by atoms with E-state index >= 15 is 0 Å². The molecule has 2 aromatic rings. The summed E-state index contributed by atoms with van der Waals surface area (Å²) >= 11 is 2.63. The van der Waals surface area contributed by atoms with Crippen molar-refractivity contribution in [2.45, 2.75) is 19.8 Å². The van der Waals surface area contributed by atoms with Gasteiger partial charge in [0, 0.05) is 11.9 Å². The number of carbonyl (C=O) groups is 2. The van der Waals surface area contributed by atoms with Crippen LogP contribution >= 0.6 is 22.7 Å². The highest BCUT2D eigenvalue weighted by Gasteiger charge is 2.21. The number of aromatic nitrogens is 2. The minimum Gasteiger partial charge on any atom is -0.351 e. The number of anilines is 1. The Morgan fingerprint density at radius 2 is 2.30 bits per heavy atom. The average Bonchev–Trinajstić information content (AvgIpc) is 2.97. The highest BCUT2D eigenvalue weighted by Crippen LogP contribution is 2.26. The van der Waals surface area contributed by atoms with Gasteiger partial charge in [0.15, 0.2) is 5.13 Å². The van der Waals surface area contributed by atoms with E-state index in [1.165, 1.54) is 22.7 Å². The number of nitrogens with zero attached hydrogens (tertiary/aromatic N) is 2. The van der Waals surface area contributed by atoms with Crippen LogP contribution < -0.4 is 10.6 Å². The van der Waals surface area contributed by atoms with Gasteiger partial charge < -0.3 is 5.32 Å². The fourth-order valence-electron chi connectivity index (χ4n) is 1.92. The number of fused-ring (bicyclic) bond motifs is 1. The maximum atomic E-state index is 12.0. The van der Waals surface area contributed by atoms with Crippen molar-refractivity contribution in [2.75, 3.05) is 11.9 Å². The Labute approximate surface area is 123 Å². The average molecular weight is 308 g/mol. The van der Waals surface area contributed by atoms with Gasteiger partial charge in [-0.3, -0.25) is 14.9 Å². The van der Waals surface area contributed by atoms with E-state index in [9.17, 15) is 9.59 Å². The second kappa shape index (κ2) is 5.29. The third-order valence-corrected chi connectivity index (χ3v) is 4.64. The van der Waals surface area contributed by atoms with Gasteiger partial charge in [-0.25, -0.2) is 9.97 Å². The Morgan fingerprint density at radius 3 is 3.05 bits per heavy atom. The lowest BCUT2D eigenvalue weighted by Crippen LogP contribution is -2.21. The predicted molar refractivity (Wildman–Crippen MR) is 77.6 cm³/mol. The minimum atomic E-state index is -0.293. The Morgan fingerprint density at radius 1 is 1.45 bits per heavy atom. The summed E-state index contributed by atoms with van der Waals surface area (Å²) in [5, 5.41) is 8.50. The molecule has 1 aliphatic heterocycles. The second-order valence-electron chi connectivity index (χ2n) is 4.36. The quantitative estimate of drug-likeness (QED) is 0.886. The van der Waals surface area contributed by atoms with Crippen molar-refractivity contribution < 1.29 is 9.59 Å². The molecule has 2 N–H and O–H groups in total. The van der Waals surface area contributed by atoms with E-state index in [-0.39, 0.29) is 11.8 Å². The fraction of sp³-hybridized carbons (Fsp3) is 0.333. The molecular weight excluding hydrogens is 296 g/mol. The zero-order valence-corrected chi connectivity index (χ0v) is 12.4. The van der Waals surface area contributed by atoms with Crippen LogP contribution in [0.15, 0.2) is 5.38 Å². The van der Waals surface area contributed by atoms with Crippen molar-refractivity contribution in [3.63, 3.8) is 0 Å². The minimum absolute atomic E-state index is 0.111. The van der Waals surface area contributed by atoms with E-state index in [4.69, 9.17) is 0 Å². The molecule has 0 unspecified atom stereocenters. The molecule has 3 rings (SSSR count). The maximum absolute atomic E-state index is 12.0. The lowest BCUT2D eigenvalue weighted by atomic mass is 10.2. The molecule has 0 spiro atoms. The largest absolute Gasteiger partial charge is 0.351 e. The zero-order valence-electron chi connectivity index (χ0n) is 10.7. The van der Waals surface area contributed by atoms with E-state index in [2.05, 4.69) is 20.6 Å². The van der Waals surface area contributed by atoms with E-state index in [1.807, 2.05) is 6.92 Å². The molecule has 104 valence electrons. The molecule has 6 nitrogen and oxygen atoms in total. The van der Waals surface area contributed by atoms with Crippen LogP contribution in [-0.4, -0.2) is 28.3 Å². The molecule has 1 aliphatic rings. The zero-order chi connectivity index (χ0) is 14.1. The lowest BCUT2D eigenvalue weighted by Gasteiger charge is -1.98. The van der Waals surface area contributed by atoms with Crippen molar-refractivity contribution in [1.29, 1.82) is 0 Å². The molecule has 0 bridgehead atoms. The standard InChI is InChI=1S/C12H12N4O2S2/c1-6-14-8(5-19-6)10(17)16-12-15-7-3-2-4-13-11(18)9(7)20-12/h5H,2-4H2,1H3,(H,13,18)(H,15,16,17). The SMILES string of the molecule is Cc1nc(C(=O)Nc2nc3c(s2)C(=O)NCCC3)cs1. The molecule has 0 aromatic carbocycles. The molecule has 20 heavy (non-hydrogen) atoms. The van der Waals surface area contributed by atoms with E-state index < -0.39 is 0 Å². The van der Waals surface area contributed by atoms with Crippen LogP contribution in [0.1, 0.15) is 37.3 Å². The van der Waals surface area contributed by atoms with E-state index in [1.54, 1.807) is 5.38 Å². The molecule has 0 saturated heterocycles. The van der Waals surface area contributed by atoms with E-state index in [0.717, 1.165) is 23.5 Å². The molecule has 0 aliphatic carbocycles. The first kappa shape index (κ1) is 13.2. The number of nitrogens with one attached hydrogen (secondary N) is 2. The normalized spacial score (nSPS) is 14.3. The Hall–Kier alpha value is -1.80.